The van der Waals surface area contributed by atoms with Gasteiger partial charge in [-0.2, -0.15) is 5.10 Å². The van der Waals surface area contributed by atoms with Gasteiger partial charge in [0.15, 0.2) is 0 Å². The van der Waals surface area contributed by atoms with Crippen LogP contribution in [0.1, 0.15) is 5.69 Å². The van der Waals surface area contributed by atoms with Gasteiger partial charge in [-0.05, 0) is 30.3 Å². The number of hydrogen-bond acceptors (Lipinski definition) is 5. The summed E-state index contributed by atoms with van der Waals surface area (Å²) in [6, 6.07) is 11.0. The van der Waals surface area contributed by atoms with Crippen molar-refractivity contribution < 1.29 is 8.81 Å². The maximum absolute atomic E-state index is 13.3. The quantitative estimate of drug-likeness (QED) is 0.571. The van der Waals surface area contributed by atoms with Crippen molar-refractivity contribution in [2.45, 2.75) is 6.54 Å². The lowest BCUT2D eigenvalue weighted by molar-refractivity contribution is 0.567. The molecule has 0 saturated carbocycles. The van der Waals surface area contributed by atoms with Gasteiger partial charge in [0.2, 0.25) is 12.3 Å². The second-order valence-corrected chi connectivity index (χ2v) is 5.36. The van der Waals surface area contributed by atoms with E-state index >= 15 is 0 Å². The summed E-state index contributed by atoms with van der Waals surface area (Å²) in [6.07, 6.45) is 4.58. The Bertz CT molecular complexity index is 1070. The molecule has 0 atom stereocenters. The molecule has 0 aliphatic heterocycles. The number of nitrogens with zero attached hydrogens (tertiary/aromatic N) is 5. The molecule has 0 aliphatic rings. The number of pyridine rings is 1. The lowest BCUT2D eigenvalue weighted by Gasteiger charge is -2.05. The maximum Gasteiger partial charge on any atom is 0.250 e. The summed E-state index contributed by atoms with van der Waals surface area (Å²) in [4.78, 5) is 12.1. The average Bonchev–Trinajstić information content (AvgIpc) is 3.29. The van der Waals surface area contributed by atoms with Crippen LogP contribution in [0.2, 0.25) is 0 Å². The van der Waals surface area contributed by atoms with E-state index in [1.165, 1.54) is 29.2 Å². The summed E-state index contributed by atoms with van der Waals surface area (Å²) in [6.45, 7) is 0.267. The van der Waals surface area contributed by atoms with Crippen LogP contribution in [0.25, 0.3) is 17.1 Å². The van der Waals surface area contributed by atoms with Crippen molar-refractivity contribution >= 4 is 0 Å². The summed E-state index contributed by atoms with van der Waals surface area (Å²) >= 11 is 0. The Morgan fingerprint density at radius 1 is 1.16 bits per heavy atom. The Hall–Kier alpha value is -3.55. The monoisotopic (exact) mass is 337 g/mol. The third-order valence-corrected chi connectivity index (χ3v) is 3.64. The van der Waals surface area contributed by atoms with E-state index in [4.69, 9.17) is 4.42 Å². The van der Waals surface area contributed by atoms with Crippen molar-refractivity contribution in [2.24, 2.45) is 0 Å². The smallest absolute Gasteiger partial charge is 0.250 e. The van der Waals surface area contributed by atoms with Gasteiger partial charge in [-0.25, -0.2) is 9.07 Å². The van der Waals surface area contributed by atoms with E-state index in [1.54, 1.807) is 41.3 Å². The maximum atomic E-state index is 13.3. The summed E-state index contributed by atoms with van der Waals surface area (Å²) in [5.74, 6) is -0.00271. The second kappa shape index (κ2) is 6.16. The first-order valence-electron chi connectivity index (χ1n) is 7.46. The average molecular weight is 337 g/mol. The van der Waals surface area contributed by atoms with Crippen molar-refractivity contribution in [3.8, 4) is 17.1 Å². The summed E-state index contributed by atoms with van der Waals surface area (Å²) in [5, 5.41) is 11.8. The van der Waals surface area contributed by atoms with Crippen LogP contribution in [-0.4, -0.2) is 24.5 Å². The molecule has 3 heterocycles. The highest BCUT2D eigenvalue weighted by atomic mass is 19.1. The minimum Gasteiger partial charge on any atom is -0.423 e. The lowest BCUT2D eigenvalue weighted by atomic mass is 10.3. The van der Waals surface area contributed by atoms with Crippen LogP contribution in [0.3, 0.4) is 0 Å². The third kappa shape index (κ3) is 3.09. The van der Waals surface area contributed by atoms with E-state index in [2.05, 4.69) is 15.3 Å². The first kappa shape index (κ1) is 15.0. The van der Waals surface area contributed by atoms with Crippen LogP contribution in [0, 0.1) is 5.82 Å². The molecule has 0 unspecified atom stereocenters. The van der Waals surface area contributed by atoms with E-state index in [-0.39, 0.29) is 17.9 Å². The zero-order valence-electron chi connectivity index (χ0n) is 12.9. The Labute approximate surface area is 141 Å². The molecule has 4 rings (SSSR count). The van der Waals surface area contributed by atoms with Crippen LogP contribution >= 0.6 is 0 Å². The van der Waals surface area contributed by atoms with Gasteiger partial charge in [0.05, 0.1) is 23.5 Å². The standard InChI is InChI=1S/C17H12FN5O2/c18-13-2-1-3-15(8-13)23-7-6-14(21-23)10-22-9-12(4-5-16(22)24)17-20-19-11-25-17/h1-9,11H,10H2. The van der Waals surface area contributed by atoms with E-state index in [0.29, 0.717) is 22.8 Å². The normalized spacial score (nSPS) is 10.9. The molecule has 7 nitrogen and oxygen atoms in total. The van der Waals surface area contributed by atoms with Crippen molar-refractivity contribution in [1.82, 2.24) is 24.5 Å². The van der Waals surface area contributed by atoms with Gasteiger partial charge in [0.1, 0.15) is 5.82 Å². The fourth-order valence-corrected chi connectivity index (χ4v) is 2.46. The molecule has 0 amide bonds. The molecule has 25 heavy (non-hydrogen) atoms. The molecule has 0 bridgehead atoms. The number of aromatic nitrogens is 5. The number of halogens is 1. The molecular formula is C17H12FN5O2. The van der Waals surface area contributed by atoms with Gasteiger partial charge < -0.3 is 8.98 Å². The van der Waals surface area contributed by atoms with E-state index in [1.807, 2.05) is 0 Å². The van der Waals surface area contributed by atoms with Gasteiger partial charge >= 0.3 is 0 Å². The van der Waals surface area contributed by atoms with Gasteiger partial charge in [0, 0.05) is 18.5 Å². The Balaban J connectivity index is 1.63. The molecule has 3 aromatic heterocycles. The predicted octanol–water partition coefficient (Wildman–Crippen LogP) is 2.27. The Morgan fingerprint density at radius 2 is 2.08 bits per heavy atom. The molecule has 8 heteroatoms. The van der Waals surface area contributed by atoms with Crippen molar-refractivity contribution in [1.29, 1.82) is 0 Å². The van der Waals surface area contributed by atoms with Gasteiger partial charge in [0.25, 0.3) is 5.56 Å². The highest BCUT2D eigenvalue weighted by Crippen LogP contribution is 2.14. The largest absolute Gasteiger partial charge is 0.423 e. The SMILES string of the molecule is O=c1ccc(-c2nnco2)cn1Cc1ccn(-c2cccc(F)c2)n1. The minimum atomic E-state index is -0.335. The fraction of sp³-hybridized carbons (Fsp3) is 0.0588. The van der Waals surface area contributed by atoms with Crippen LogP contribution in [0.4, 0.5) is 4.39 Å². The topological polar surface area (TPSA) is 78.7 Å². The zero-order valence-corrected chi connectivity index (χ0v) is 12.9. The van der Waals surface area contributed by atoms with Gasteiger partial charge in [-0.1, -0.05) is 6.07 Å². The van der Waals surface area contributed by atoms with Crippen molar-refractivity contribution in [2.75, 3.05) is 0 Å². The number of rotatable bonds is 4. The lowest BCUT2D eigenvalue weighted by Crippen LogP contribution is -2.19. The third-order valence-electron chi connectivity index (χ3n) is 3.64. The zero-order chi connectivity index (χ0) is 17.2. The first-order valence-corrected chi connectivity index (χ1v) is 7.46. The van der Waals surface area contributed by atoms with Crippen molar-refractivity contribution in [3.63, 3.8) is 0 Å². The van der Waals surface area contributed by atoms with Gasteiger partial charge in [-0.3, -0.25) is 4.79 Å². The number of benzene rings is 1. The van der Waals surface area contributed by atoms with E-state index in [9.17, 15) is 9.18 Å². The summed E-state index contributed by atoms with van der Waals surface area (Å²) in [5.41, 5.74) is 1.73. The van der Waals surface area contributed by atoms with Crippen LogP contribution in [0.15, 0.2) is 70.5 Å². The highest BCUT2D eigenvalue weighted by Gasteiger charge is 2.08. The highest BCUT2D eigenvalue weighted by molar-refractivity contribution is 5.50. The molecule has 0 spiro atoms. The molecule has 0 saturated heterocycles. The van der Waals surface area contributed by atoms with Crippen LogP contribution in [0.5, 0.6) is 0 Å². The molecule has 124 valence electrons. The fourth-order valence-electron chi connectivity index (χ4n) is 2.46. The molecule has 0 N–H and O–H groups in total. The van der Waals surface area contributed by atoms with Crippen molar-refractivity contribution in [3.05, 3.63) is 83.1 Å². The molecule has 0 radical (unpaired) electrons. The van der Waals surface area contributed by atoms with E-state index in [0.717, 1.165) is 0 Å². The Morgan fingerprint density at radius 3 is 2.88 bits per heavy atom. The molecule has 0 fully saturated rings. The van der Waals surface area contributed by atoms with Crippen LogP contribution in [-0.2, 0) is 6.54 Å². The summed E-state index contributed by atoms with van der Waals surface area (Å²) in [7, 11) is 0. The first-order chi connectivity index (χ1) is 12.2. The second-order valence-electron chi connectivity index (χ2n) is 5.36. The number of hydrogen-bond donors (Lipinski definition) is 0. The Kier molecular flexibility index (Phi) is 3.70. The molecule has 4 aromatic rings. The molecule has 1 aromatic carbocycles. The predicted molar refractivity (Wildman–Crippen MR) is 86.6 cm³/mol. The molecule has 0 aliphatic carbocycles. The minimum absolute atomic E-state index is 0.177. The summed E-state index contributed by atoms with van der Waals surface area (Å²) < 4.78 is 21.5. The van der Waals surface area contributed by atoms with E-state index < -0.39 is 0 Å². The van der Waals surface area contributed by atoms with Gasteiger partial charge in [-0.15, -0.1) is 10.2 Å². The van der Waals surface area contributed by atoms with Crippen LogP contribution < -0.4 is 5.56 Å². The molecular weight excluding hydrogens is 325 g/mol.